The quantitative estimate of drug-likeness (QED) is 0.784. The van der Waals surface area contributed by atoms with Crippen molar-refractivity contribution in [3.63, 3.8) is 0 Å². The summed E-state index contributed by atoms with van der Waals surface area (Å²) in [5.74, 6) is 0.265. The topological polar surface area (TPSA) is 41.6 Å². The van der Waals surface area contributed by atoms with Gasteiger partial charge in [0.1, 0.15) is 0 Å². The van der Waals surface area contributed by atoms with Crippen LogP contribution < -0.4 is 5.32 Å². The van der Waals surface area contributed by atoms with E-state index in [1.54, 1.807) is 0 Å². The molecule has 4 heteroatoms. The molecule has 98 valence electrons. The Balaban J connectivity index is 1.87. The van der Waals surface area contributed by atoms with Gasteiger partial charge in [-0.05, 0) is 39.2 Å². The highest BCUT2D eigenvalue weighted by Gasteiger charge is 2.37. The number of nitrogens with zero attached hydrogens (tertiary/aromatic N) is 1. The average molecular weight is 240 g/mol. The van der Waals surface area contributed by atoms with Gasteiger partial charge in [0, 0.05) is 13.2 Å². The molecule has 0 radical (unpaired) electrons. The van der Waals surface area contributed by atoms with E-state index in [-0.39, 0.29) is 24.1 Å². The van der Waals surface area contributed by atoms with Crippen molar-refractivity contribution in [2.24, 2.45) is 0 Å². The molecule has 2 heterocycles. The van der Waals surface area contributed by atoms with Gasteiger partial charge < -0.3 is 15.0 Å². The number of likely N-dealkylation sites (tertiary alicyclic amines) is 1. The lowest BCUT2D eigenvalue weighted by atomic mass is 10.1. The SMILES string of the molecule is CCCNC1CCN(C(C)C2CCCO2)C1=O. The van der Waals surface area contributed by atoms with Crippen molar-refractivity contribution < 1.29 is 9.53 Å². The molecule has 1 amide bonds. The number of amides is 1. The molecule has 2 aliphatic heterocycles. The molecule has 0 aromatic carbocycles. The Hall–Kier alpha value is -0.610. The van der Waals surface area contributed by atoms with E-state index in [0.717, 1.165) is 45.4 Å². The summed E-state index contributed by atoms with van der Waals surface area (Å²) in [6.07, 6.45) is 4.50. The van der Waals surface area contributed by atoms with Gasteiger partial charge >= 0.3 is 0 Å². The Labute approximate surface area is 104 Å². The summed E-state index contributed by atoms with van der Waals surface area (Å²) in [5, 5.41) is 3.32. The Morgan fingerprint density at radius 2 is 2.35 bits per heavy atom. The van der Waals surface area contributed by atoms with E-state index in [9.17, 15) is 4.79 Å². The van der Waals surface area contributed by atoms with Gasteiger partial charge in [-0.2, -0.15) is 0 Å². The number of carbonyl (C=O) groups is 1. The van der Waals surface area contributed by atoms with Crippen molar-refractivity contribution in [1.29, 1.82) is 0 Å². The molecule has 2 saturated heterocycles. The third kappa shape index (κ3) is 2.80. The second-order valence-electron chi connectivity index (χ2n) is 5.12. The molecule has 3 unspecified atom stereocenters. The van der Waals surface area contributed by atoms with Crippen LogP contribution in [0.25, 0.3) is 0 Å². The molecule has 0 aromatic heterocycles. The fourth-order valence-electron chi connectivity index (χ4n) is 2.80. The van der Waals surface area contributed by atoms with E-state index in [1.165, 1.54) is 0 Å². The zero-order valence-corrected chi connectivity index (χ0v) is 10.9. The summed E-state index contributed by atoms with van der Waals surface area (Å²) in [5.41, 5.74) is 0. The summed E-state index contributed by atoms with van der Waals surface area (Å²) in [7, 11) is 0. The molecule has 0 aliphatic carbocycles. The fourth-order valence-corrected chi connectivity index (χ4v) is 2.80. The van der Waals surface area contributed by atoms with Gasteiger partial charge in [0.25, 0.3) is 0 Å². The molecule has 4 nitrogen and oxygen atoms in total. The molecular formula is C13H24N2O2. The Bertz CT molecular complexity index is 264. The number of ether oxygens (including phenoxy) is 1. The van der Waals surface area contributed by atoms with Crippen LogP contribution in [0.1, 0.15) is 39.5 Å². The molecule has 2 rings (SSSR count). The highest BCUT2D eigenvalue weighted by molar-refractivity contribution is 5.84. The van der Waals surface area contributed by atoms with Crippen LogP contribution in [-0.4, -0.2) is 48.7 Å². The van der Waals surface area contributed by atoms with Gasteiger partial charge in [-0.1, -0.05) is 6.92 Å². The second kappa shape index (κ2) is 5.83. The zero-order valence-electron chi connectivity index (χ0n) is 10.9. The van der Waals surface area contributed by atoms with Gasteiger partial charge in [-0.3, -0.25) is 4.79 Å². The third-order valence-corrected chi connectivity index (χ3v) is 3.88. The first-order valence-corrected chi connectivity index (χ1v) is 6.89. The molecule has 2 fully saturated rings. The third-order valence-electron chi connectivity index (χ3n) is 3.88. The van der Waals surface area contributed by atoms with Crippen LogP contribution >= 0.6 is 0 Å². The fraction of sp³-hybridized carbons (Fsp3) is 0.923. The molecule has 0 spiro atoms. The van der Waals surface area contributed by atoms with Gasteiger partial charge in [0.2, 0.25) is 5.91 Å². The summed E-state index contributed by atoms with van der Waals surface area (Å²) < 4.78 is 5.68. The number of nitrogens with one attached hydrogen (secondary N) is 1. The first-order valence-electron chi connectivity index (χ1n) is 6.89. The van der Waals surface area contributed by atoms with Crippen LogP contribution in [-0.2, 0) is 9.53 Å². The Morgan fingerprint density at radius 3 is 3.00 bits per heavy atom. The normalized spacial score (nSPS) is 31.2. The first kappa shape index (κ1) is 12.8. The summed E-state index contributed by atoms with van der Waals surface area (Å²) >= 11 is 0. The van der Waals surface area contributed by atoms with Gasteiger partial charge in [0.05, 0.1) is 18.2 Å². The Morgan fingerprint density at radius 1 is 1.53 bits per heavy atom. The maximum absolute atomic E-state index is 12.2. The van der Waals surface area contributed by atoms with E-state index >= 15 is 0 Å². The minimum Gasteiger partial charge on any atom is -0.376 e. The van der Waals surface area contributed by atoms with Crippen LogP contribution in [0.3, 0.4) is 0 Å². The number of hydrogen-bond acceptors (Lipinski definition) is 3. The summed E-state index contributed by atoms with van der Waals surface area (Å²) in [6.45, 7) is 6.91. The molecule has 1 N–H and O–H groups in total. The average Bonchev–Trinajstić information content (AvgIpc) is 2.95. The van der Waals surface area contributed by atoms with Crippen molar-refractivity contribution in [2.45, 2.75) is 57.7 Å². The van der Waals surface area contributed by atoms with Gasteiger partial charge in [-0.25, -0.2) is 0 Å². The lowest BCUT2D eigenvalue weighted by molar-refractivity contribution is -0.133. The number of hydrogen-bond donors (Lipinski definition) is 1. The van der Waals surface area contributed by atoms with E-state index in [0.29, 0.717) is 0 Å². The van der Waals surface area contributed by atoms with Crippen LogP contribution in [0, 0.1) is 0 Å². The molecule has 3 atom stereocenters. The van der Waals surface area contributed by atoms with Crippen LogP contribution in [0.4, 0.5) is 0 Å². The predicted molar refractivity (Wildman–Crippen MR) is 66.8 cm³/mol. The number of rotatable bonds is 5. The Kier molecular flexibility index (Phi) is 4.40. The summed E-state index contributed by atoms with van der Waals surface area (Å²) in [4.78, 5) is 14.2. The maximum Gasteiger partial charge on any atom is 0.240 e. The van der Waals surface area contributed by atoms with Crippen molar-refractivity contribution in [2.75, 3.05) is 19.7 Å². The second-order valence-corrected chi connectivity index (χ2v) is 5.12. The van der Waals surface area contributed by atoms with Crippen LogP contribution in [0.15, 0.2) is 0 Å². The lowest BCUT2D eigenvalue weighted by Crippen LogP contribution is -2.46. The smallest absolute Gasteiger partial charge is 0.240 e. The lowest BCUT2D eigenvalue weighted by Gasteiger charge is -2.29. The van der Waals surface area contributed by atoms with Gasteiger partial charge in [-0.15, -0.1) is 0 Å². The van der Waals surface area contributed by atoms with Crippen LogP contribution in [0.5, 0.6) is 0 Å². The van der Waals surface area contributed by atoms with E-state index in [2.05, 4.69) is 19.2 Å². The highest BCUT2D eigenvalue weighted by atomic mass is 16.5. The largest absolute Gasteiger partial charge is 0.376 e. The standard InChI is InChI=1S/C13H24N2O2/c1-3-7-14-11-6-8-15(13(11)16)10(2)12-5-4-9-17-12/h10-12,14H,3-9H2,1-2H3. The van der Waals surface area contributed by atoms with Crippen molar-refractivity contribution in [3.05, 3.63) is 0 Å². The molecule has 17 heavy (non-hydrogen) atoms. The predicted octanol–water partition coefficient (Wildman–Crippen LogP) is 1.15. The van der Waals surface area contributed by atoms with E-state index in [1.807, 2.05) is 4.90 Å². The van der Waals surface area contributed by atoms with Crippen LogP contribution in [0.2, 0.25) is 0 Å². The highest BCUT2D eigenvalue weighted by Crippen LogP contribution is 2.23. The first-order chi connectivity index (χ1) is 8.24. The van der Waals surface area contributed by atoms with Crippen molar-refractivity contribution in [1.82, 2.24) is 10.2 Å². The zero-order chi connectivity index (χ0) is 12.3. The van der Waals surface area contributed by atoms with Gasteiger partial charge in [0.15, 0.2) is 0 Å². The van der Waals surface area contributed by atoms with Crippen molar-refractivity contribution in [3.8, 4) is 0 Å². The minimum atomic E-state index is 0.0406. The monoisotopic (exact) mass is 240 g/mol. The van der Waals surface area contributed by atoms with E-state index in [4.69, 9.17) is 4.74 Å². The molecule has 0 bridgehead atoms. The molecule has 0 aromatic rings. The number of carbonyl (C=O) groups excluding carboxylic acids is 1. The minimum absolute atomic E-state index is 0.0406. The molecule has 0 saturated carbocycles. The molecule has 2 aliphatic rings. The maximum atomic E-state index is 12.2. The van der Waals surface area contributed by atoms with Crippen molar-refractivity contribution >= 4 is 5.91 Å². The molecular weight excluding hydrogens is 216 g/mol. The van der Waals surface area contributed by atoms with E-state index < -0.39 is 0 Å². The summed E-state index contributed by atoms with van der Waals surface area (Å²) in [6, 6.07) is 0.275.